The Labute approximate surface area is 163 Å². The molecule has 28 heavy (non-hydrogen) atoms. The van der Waals surface area contributed by atoms with E-state index in [1.54, 1.807) is 0 Å². The van der Waals surface area contributed by atoms with E-state index in [9.17, 15) is 9.59 Å². The van der Waals surface area contributed by atoms with Crippen molar-refractivity contribution in [2.24, 2.45) is 0 Å². The number of imidazole rings is 1. The number of ether oxygens (including phenoxy) is 1. The Bertz CT molecular complexity index is 961. The van der Waals surface area contributed by atoms with Crippen molar-refractivity contribution in [2.45, 2.75) is 33.1 Å². The third-order valence-corrected chi connectivity index (χ3v) is 4.34. The summed E-state index contributed by atoms with van der Waals surface area (Å²) in [7, 11) is 0. The first-order valence-corrected chi connectivity index (χ1v) is 9.17. The van der Waals surface area contributed by atoms with Gasteiger partial charge in [-0.25, -0.2) is 4.98 Å². The molecule has 2 amide bonds. The second-order valence-electron chi connectivity index (χ2n) is 6.94. The van der Waals surface area contributed by atoms with Crippen LogP contribution in [0.15, 0.2) is 42.5 Å². The van der Waals surface area contributed by atoms with Crippen LogP contribution in [0.4, 0.5) is 0 Å². The quantitative estimate of drug-likeness (QED) is 0.573. The maximum absolute atomic E-state index is 12.0. The molecule has 1 aromatic heterocycles. The molecule has 146 valence electrons. The number of aryl methyl sites for hydroxylation is 1. The number of H-pyrrole nitrogens is 1. The first-order chi connectivity index (χ1) is 13.4. The summed E-state index contributed by atoms with van der Waals surface area (Å²) >= 11 is 0. The number of benzene rings is 2. The van der Waals surface area contributed by atoms with Crippen molar-refractivity contribution in [1.82, 2.24) is 20.8 Å². The molecule has 0 aliphatic carbocycles. The average molecular weight is 380 g/mol. The standard InChI is InChI=1S/C21H24N4O3/c1-13(2)16-9-8-15(10-14(16)3)28-12-21(27)25-24-20(26)11-19-22-17-6-4-5-7-18(17)23-19/h4-10,13H,11-12H2,1-3H3,(H,22,23)(H,24,26)(H,25,27). The van der Waals surface area contributed by atoms with Gasteiger partial charge in [0.1, 0.15) is 11.6 Å². The van der Waals surface area contributed by atoms with Crippen LogP contribution in [0.1, 0.15) is 36.7 Å². The van der Waals surface area contributed by atoms with Gasteiger partial charge in [-0.3, -0.25) is 20.4 Å². The number of para-hydroxylation sites is 2. The molecular weight excluding hydrogens is 356 g/mol. The number of rotatable bonds is 6. The summed E-state index contributed by atoms with van der Waals surface area (Å²) in [6, 6.07) is 13.3. The molecule has 7 nitrogen and oxygen atoms in total. The van der Waals surface area contributed by atoms with Gasteiger partial charge in [-0.15, -0.1) is 0 Å². The van der Waals surface area contributed by atoms with Gasteiger partial charge in [0.2, 0.25) is 5.91 Å². The summed E-state index contributed by atoms with van der Waals surface area (Å²) in [5.41, 5.74) is 8.73. The van der Waals surface area contributed by atoms with Crippen LogP contribution < -0.4 is 15.6 Å². The highest BCUT2D eigenvalue weighted by Gasteiger charge is 2.10. The van der Waals surface area contributed by atoms with Crippen LogP contribution in [0.25, 0.3) is 11.0 Å². The molecule has 0 aliphatic heterocycles. The number of aromatic nitrogens is 2. The smallest absolute Gasteiger partial charge is 0.276 e. The highest BCUT2D eigenvalue weighted by atomic mass is 16.5. The lowest BCUT2D eigenvalue weighted by atomic mass is 9.98. The summed E-state index contributed by atoms with van der Waals surface area (Å²) in [5, 5.41) is 0. The highest BCUT2D eigenvalue weighted by Crippen LogP contribution is 2.23. The Balaban J connectivity index is 1.44. The number of nitrogens with zero attached hydrogens (tertiary/aromatic N) is 1. The number of carbonyl (C=O) groups excluding carboxylic acids is 2. The van der Waals surface area contributed by atoms with Gasteiger partial charge in [0.25, 0.3) is 5.91 Å². The molecule has 2 aromatic carbocycles. The van der Waals surface area contributed by atoms with E-state index in [-0.39, 0.29) is 18.9 Å². The van der Waals surface area contributed by atoms with E-state index < -0.39 is 5.91 Å². The Morgan fingerprint density at radius 1 is 1.11 bits per heavy atom. The molecule has 3 aromatic rings. The van der Waals surface area contributed by atoms with Crippen molar-refractivity contribution in [2.75, 3.05) is 6.61 Å². The molecule has 0 radical (unpaired) electrons. The predicted molar refractivity (Wildman–Crippen MR) is 107 cm³/mol. The molecule has 0 saturated carbocycles. The zero-order valence-corrected chi connectivity index (χ0v) is 16.2. The second kappa shape index (κ2) is 8.56. The molecule has 0 fully saturated rings. The van der Waals surface area contributed by atoms with E-state index in [0.717, 1.165) is 16.6 Å². The van der Waals surface area contributed by atoms with Gasteiger partial charge >= 0.3 is 0 Å². The number of nitrogens with one attached hydrogen (secondary N) is 3. The Morgan fingerprint density at radius 2 is 1.86 bits per heavy atom. The van der Waals surface area contributed by atoms with Crippen LogP contribution in [-0.4, -0.2) is 28.4 Å². The van der Waals surface area contributed by atoms with E-state index in [4.69, 9.17) is 4.74 Å². The molecule has 7 heteroatoms. The fourth-order valence-corrected chi connectivity index (χ4v) is 3.00. The Morgan fingerprint density at radius 3 is 2.57 bits per heavy atom. The largest absolute Gasteiger partial charge is 0.484 e. The van der Waals surface area contributed by atoms with Gasteiger partial charge in [-0.05, 0) is 48.2 Å². The van der Waals surface area contributed by atoms with Crippen LogP contribution in [0.3, 0.4) is 0 Å². The number of hydrogen-bond acceptors (Lipinski definition) is 4. The van der Waals surface area contributed by atoms with Gasteiger partial charge < -0.3 is 9.72 Å². The lowest BCUT2D eigenvalue weighted by Crippen LogP contribution is -2.44. The van der Waals surface area contributed by atoms with E-state index >= 15 is 0 Å². The van der Waals surface area contributed by atoms with Crippen molar-refractivity contribution in [3.63, 3.8) is 0 Å². The molecule has 0 aliphatic rings. The molecule has 0 atom stereocenters. The maximum Gasteiger partial charge on any atom is 0.276 e. The predicted octanol–water partition coefficient (Wildman–Crippen LogP) is 2.76. The molecular formula is C21H24N4O3. The van der Waals surface area contributed by atoms with Crippen LogP contribution in [0.5, 0.6) is 5.75 Å². The van der Waals surface area contributed by atoms with Crippen LogP contribution in [-0.2, 0) is 16.0 Å². The molecule has 3 N–H and O–H groups in total. The summed E-state index contributed by atoms with van der Waals surface area (Å²) in [5.74, 6) is 0.767. The molecule has 0 bridgehead atoms. The summed E-state index contributed by atoms with van der Waals surface area (Å²) in [6.45, 7) is 6.08. The van der Waals surface area contributed by atoms with Crippen molar-refractivity contribution in [1.29, 1.82) is 0 Å². The van der Waals surface area contributed by atoms with Gasteiger partial charge in [-0.2, -0.15) is 0 Å². The van der Waals surface area contributed by atoms with Gasteiger partial charge in [0, 0.05) is 0 Å². The highest BCUT2D eigenvalue weighted by molar-refractivity contribution is 5.84. The zero-order chi connectivity index (χ0) is 20.1. The fraction of sp³-hybridized carbons (Fsp3) is 0.286. The lowest BCUT2D eigenvalue weighted by Gasteiger charge is -2.12. The maximum atomic E-state index is 12.0. The third-order valence-electron chi connectivity index (χ3n) is 4.34. The number of amides is 2. The van der Waals surface area contributed by atoms with Crippen molar-refractivity contribution in [3.05, 3.63) is 59.4 Å². The molecule has 3 rings (SSSR count). The van der Waals surface area contributed by atoms with Crippen molar-refractivity contribution < 1.29 is 14.3 Å². The average Bonchev–Trinajstić information content (AvgIpc) is 3.06. The van der Waals surface area contributed by atoms with Gasteiger partial charge in [0.05, 0.1) is 17.5 Å². The number of carbonyl (C=O) groups is 2. The van der Waals surface area contributed by atoms with E-state index in [1.165, 1.54) is 5.56 Å². The van der Waals surface area contributed by atoms with Crippen LogP contribution >= 0.6 is 0 Å². The van der Waals surface area contributed by atoms with Crippen molar-refractivity contribution >= 4 is 22.8 Å². The minimum Gasteiger partial charge on any atom is -0.484 e. The van der Waals surface area contributed by atoms with E-state index in [1.807, 2.05) is 49.4 Å². The Kier molecular flexibility index (Phi) is 5.93. The lowest BCUT2D eigenvalue weighted by molar-refractivity contribution is -0.129. The van der Waals surface area contributed by atoms with Crippen LogP contribution in [0, 0.1) is 6.92 Å². The number of hydrazine groups is 1. The SMILES string of the molecule is Cc1cc(OCC(=O)NNC(=O)Cc2nc3ccccc3[nH]2)ccc1C(C)C. The number of fused-ring (bicyclic) bond motifs is 1. The van der Waals surface area contributed by atoms with Crippen molar-refractivity contribution in [3.8, 4) is 5.75 Å². The van der Waals surface area contributed by atoms with Gasteiger partial charge in [-0.1, -0.05) is 32.0 Å². The summed E-state index contributed by atoms with van der Waals surface area (Å²) in [6.07, 6.45) is 0.0334. The topological polar surface area (TPSA) is 96.1 Å². The first-order valence-electron chi connectivity index (χ1n) is 9.17. The monoisotopic (exact) mass is 380 g/mol. The van der Waals surface area contributed by atoms with Crippen LogP contribution in [0.2, 0.25) is 0 Å². The number of hydrogen-bond donors (Lipinski definition) is 3. The van der Waals surface area contributed by atoms with E-state index in [0.29, 0.717) is 17.5 Å². The molecule has 0 saturated heterocycles. The minimum atomic E-state index is -0.441. The third kappa shape index (κ3) is 4.88. The summed E-state index contributed by atoms with van der Waals surface area (Å²) in [4.78, 5) is 31.3. The zero-order valence-electron chi connectivity index (χ0n) is 16.2. The van der Waals surface area contributed by atoms with E-state index in [2.05, 4.69) is 34.7 Å². The fourth-order valence-electron chi connectivity index (χ4n) is 3.00. The molecule has 1 heterocycles. The molecule has 0 spiro atoms. The second-order valence-corrected chi connectivity index (χ2v) is 6.94. The summed E-state index contributed by atoms with van der Waals surface area (Å²) < 4.78 is 5.49. The minimum absolute atomic E-state index is 0.0334. The number of aromatic amines is 1. The molecule has 0 unspecified atom stereocenters. The van der Waals surface area contributed by atoms with Gasteiger partial charge in [0.15, 0.2) is 6.61 Å². The Hall–Kier alpha value is -3.35. The first kappa shape index (κ1) is 19.4. The normalized spacial score (nSPS) is 10.9.